The van der Waals surface area contributed by atoms with Gasteiger partial charge in [-0.25, -0.2) is 0 Å². The van der Waals surface area contributed by atoms with Crippen LogP contribution in [0.1, 0.15) is 23.2 Å². The van der Waals surface area contributed by atoms with Gasteiger partial charge in [-0.1, -0.05) is 43.5 Å². The molecule has 0 N–H and O–H groups in total. The molecule has 3 aliphatic rings. The Balaban J connectivity index is 1.30. The first-order chi connectivity index (χ1) is 13.8. The van der Waals surface area contributed by atoms with Crippen LogP contribution in [0.2, 0.25) is 5.02 Å². The van der Waals surface area contributed by atoms with Crippen LogP contribution in [0.15, 0.2) is 24.3 Å². The third-order valence-corrected chi connectivity index (χ3v) is 9.61. The van der Waals surface area contributed by atoms with Crippen LogP contribution in [-0.4, -0.2) is 51.3 Å². The molecule has 0 unspecified atom stereocenters. The van der Waals surface area contributed by atoms with E-state index in [0.717, 1.165) is 6.42 Å². The van der Waals surface area contributed by atoms with Crippen LogP contribution in [0.5, 0.6) is 0 Å². The summed E-state index contributed by atoms with van der Waals surface area (Å²) in [5, 5.41) is 0.508. The summed E-state index contributed by atoms with van der Waals surface area (Å²) < 4.78 is 5.02. The number of amides is 2. The average Bonchev–Trinajstić information content (AvgIpc) is 3.30. The van der Waals surface area contributed by atoms with Gasteiger partial charge in [0.25, 0.3) is 0 Å². The normalized spacial score (nSPS) is 32.6. The molecule has 2 saturated carbocycles. The molecule has 1 aliphatic heterocycles. The molecule has 3 fully saturated rings. The summed E-state index contributed by atoms with van der Waals surface area (Å²) in [5.41, 5.74) is 0.393. The topological polar surface area (TPSA) is 80.8 Å². The summed E-state index contributed by atoms with van der Waals surface area (Å²) in [5.74, 6) is -1.67. The monoisotopic (exact) mass is 545 g/mol. The van der Waals surface area contributed by atoms with E-state index in [1.165, 1.54) is 4.90 Å². The number of ketones is 1. The van der Waals surface area contributed by atoms with Crippen LogP contribution >= 0.6 is 43.5 Å². The lowest BCUT2D eigenvalue weighted by atomic mass is 9.81. The maximum Gasteiger partial charge on any atom is 0.308 e. The van der Waals surface area contributed by atoms with Crippen LogP contribution < -0.4 is 0 Å². The fraction of sp³-hybridized carbons (Fsp3) is 0.500. The molecule has 1 saturated heterocycles. The largest absolute Gasteiger partial charge is 0.457 e. The number of likely N-dealkylation sites (tertiary alicyclic amines) is 1. The zero-order valence-corrected chi connectivity index (χ0v) is 19.2. The number of carbonyl (C=O) groups is 4. The molecule has 6 nitrogen and oxygen atoms in total. The van der Waals surface area contributed by atoms with Crippen molar-refractivity contribution < 1.29 is 23.9 Å². The standard InChI is InChI=1S/C20H18Br2ClNO5/c21-17-11-7-12(18(17)22)16-15(11)19(27)24(20(16)28)6-5-14(26)29-8-13(25)9-1-3-10(23)4-2-9/h1-4,11-12,15-18H,5-8H2/t11-,12-,15-,16+,17-,18+/m1/s1. The highest BCUT2D eigenvalue weighted by atomic mass is 79.9. The molecule has 0 aromatic heterocycles. The van der Waals surface area contributed by atoms with Gasteiger partial charge in [-0.15, -0.1) is 0 Å². The van der Waals surface area contributed by atoms with Gasteiger partial charge in [0.2, 0.25) is 11.8 Å². The SMILES string of the molecule is O=C(CCN1C(=O)[C@@H]2[C@H]3C[C@@H]([C@H](Br)[C@@H]3Br)[C@@H]2C1=O)OCC(=O)c1ccc(Cl)cc1. The van der Waals surface area contributed by atoms with Crippen LogP contribution in [0, 0.1) is 23.7 Å². The van der Waals surface area contributed by atoms with Crippen molar-refractivity contribution in [3.63, 3.8) is 0 Å². The first-order valence-corrected chi connectivity index (χ1v) is 11.6. The number of rotatable bonds is 6. The lowest BCUT2D eigenvalue weighted by Crippen LogP contribution is -2.37. The summed E-state index contributed by atoms with van der Waals surface area (Å²) in [6.45, 7) is -0.410. The number of alkyl halides is 2. The van der Waals surface area contributed by atoms with E-state index < -0.39 is 12.6 Å². The van der Waals surface area contributed by atoms with Crippen LogP contribution in [0.4, 0.5) is 0 Å². The fourth-order valence-corrected chi connectivity index (χ4v) is 6.77. The predicted octanol–water partition coefficient (Wildman–Crippen LogP) is 3.23. The van der Waals surface area contributed by atoms with Crippen molar-refractivity contribution in [3.8, 4) is 0 Å². The quantitative estimate of drug-likeness (QED) is 0.237. The Morgan fingerprint density at radius 2 is 1.59 bits per heavy atom. The van der Waals surface area contributed by atoms with Gasteiger partial charge in [0, 0.05) is 26.8 Å². The highest BCUT2D eigenvalue weighted by Gasteiger charge is 2.66. The second kappa shape index (κ2) is 8.12. The van der Waals surface area contributed by atoms with E-state index >= 15 is 0 Å². The predicted molar refractivity (Wildman–Crippen MR) is 112 cm³/mol. The number of imide groups is 1. The number of fused-ring (bicyclic) bond motifs is 5. The maximum atomic E-state index is 12.8. The third kappa shape index (κ3) is 3.68. The maximum absolute atomic E-state index is 12.8. The van der Waals surface area contributed by atoms with Crippen LogP contribution in [0.25, 0.3) is 0 Å². The molecule has 4 rings (SSSR count). The summed E-state index contributed by atoms with van der Waals surface area (Å²) in [4.78, 5) is 51.2. The van der Waals surface area contributed by atoms with Crippen molar-refractivity contribution in [2.24, 2.45) is 23.7 Å². The first-order valence-electron chi connectivity index (χ1n) is 9.37. The zero-order valence-electron chi connectivity index (χ0n) is 15.2. The summed E-state index contributed by atoms with van der Waals surface area (Å²) >= 11 is 13.1. The minimum Gasteiger partial charge on any atom is -0.457 e. The molecule has 0 radical (unpaired) electrons. The van der Waals surface area contributed by atoms with Crippen molar-refractivity contribution in [1.82, 2.24) is 4.90 Å². The van der Waals surface area contributed by atoms with Crippen LogP contribution in [-0.2, 0) is 19.1 Å². The Labute approximate surface area is 189 Å². The van der Waals surface area contributed by atoms with Crippen molar-refractivity contribution in [2.75, 3.05) is 13.2 Å². The number of benzene rings is 1. The lowest BCUT2D eigenvalue weighted by molar-refractivity contribution is -0.145. The number of carbonyl (C=O) groups excluding carboxylic acids is 4. The number of esters is 1. The summed E-state index contributed by atoms with van der Waals surface area (Å²) in [6, 6.07) is 6.28. The molecular formula is C20H18Br2ClNO5. The molecule has 0 spiro atoms. The molecule has 1 aromatic carbocycles. The Morgan fingerprint density at radius 1 is 1.03 bits per heavy atom. The van der Waals surface area contributed by atoms with E-state index in [4.69, 9.17) is 16.3 Å². The van der Waals surface area contributed by atoms with E-state index in [-0.39, 0.29) is 63.9 Å². The highest BCUT2D eigenvalue weighted by Crippen LogP contribution is 2.60. The summed E-state index contributed by atoms with van der Waals surface area (Å²) in [7, 11) is 0. The molecule has 1 heterocycles. The van der Waals surface area contributed by atoms with E-state index in [9.17, 15) is 19.2 Å². The number of ether oxygens (including phenoxy) is 1. The van der Waals surface area contributed by atoms with Gasteiger partial charge in [0.1, 0.15) is 0 Å². The molecule has 2 amide bonds. The number of nitrogens with zero attached hydrogens (tertiary/aromatic N) is 1. The third-order valence-electron chi connectivity index (χ3n) is 6.15. The highest BCUT2D eigenvalue weighted by molar-refractivity contribution is 9.12. The van der Waals surface area contributed by atoms with Gasteiger partial charge >= 0.3 is 5.97 Å². The molecule has 154 valence electrons. The molecule has 2 bridgehead atoms. The first kappa shape index (κ1) is 21.0. The van der Waals surface area contributed by atoms with Gasteiger partial charge < -0.3 is 4.74 Å². The summed E-state index contributed by atoms with van der Waals surface area (Å²) in [6.07, 6.45) is 0.733. The second-order valence-corrected chi connectivity index (χ2v) is 10.2. The minimum absolute atomic E-state index is 0.0159. The Kier molecular flexibility index (Phi) is 5.88. The lowest BCUT2D eigenvalue weighted by Gasteiger charge is -2.28. The molecule has 9 heteroatoms. The average molecular weight is 548 g/mol. The van der Waals surface area contributed by atoms with Gasteiger partial charge in [0.15, 0.2) is 12.4 Å². The molecule has 29 heavy (non-hydrogen) atoms. The van der Waals surface area contributed by atoms with Crippen molar-refractivity contribution >= 4 is 67.0 Å². The number of hydrogen-bond acceptors (Lipinski definition) is 5. The Bertz CT molecular complexity index is 844. The minimum atomic E-state index is -0.621. The van der Waals surface area contributed by atoms with Crippen molar-refractivity contribution in [2.45, 2.75) is 22.5 Å². The zero-order chi connectivity index (χ0) is 20.9. The van der Waals surface area contributed by atoms with Gasteiger partial charge in [-0.05, 0) is 42.5 Å². The second-order valence-electron chi connectivity index (χ2n) is 7.67. The number of Topliss-reactive ketones (excluding diaryl/α,β-unsaturated/α-hetero) is 1. The smallest absolute Gasteiger partial charge is 0.308 e. The Morgan fingerprint density at radius 3 is 2.14 bits per heavy atom. The Hall–Kier alpha value is -1.25. The van der Waals surface area contributed by atoms with Gasteiger partial charge in [0.05, 0.1) is 18.3 Å². The molecular weight excluding hydrogens is 529 g/mol. The fourth-order valence-electron chi connectivity index (χ4n) is 4.77. The van der Waals surface area contributed by atoms with E-state index in [1.54, 1.807) is 24.3 Å². The van der Waals surface area contributed by atoms with Crippen molar-refractivity contribution in [1.29, 1.82) is 0 Å². The van der Waals surface area contributed by atoms with E-state index in [1.807, 2.05) is 0 Å². The molecule has 1 aromatic rings. The number of halogens is 3. The number of hydrogen-bond donors (Lipinski definition) is 0. The van der Waals surface area contributed by atoms with E-state index in [2.05, 4.69) is 31.9 Å². The van der Waals surface area contributed by atoms with Crippen molar-refractivity contribution in [3.05, 3.63) is 34.9 Å². The van der Waals surface area contributed by atoms with Crippen LogP contribution in [0.3, 0.4) is 0 Å². The molecule has 6 atom stereocenters. The molecule has 2 aliphatic carbocycles. The van der Waals surface area contributed by atoms with Gasteiger partial charge in [-0.2, -0.15) is 0 Å². The van der Waals surface area contributed by atoms with Gasteiger partial charge in [-0.3, -0.25) is 24.1 Å². The van der Waals surface area contributed by atoms with E-state index in [0.29, 0.717) is 10.6 Å².